The Hall–Kier alpha value is -3.21. The van der Waals surface area contributed by atoms with E-state index < -0.39 is 33.3 Å². The molecule has 0 aromatic heterocycles. The summed E-state index contributed by atoms with van der Waals surface area (Å²) in [6.45, 7) is 8.32. The van der Waals surface area contributed by atoms with Crippen LogP contribution in [0.15, 0.2) is 58.3 Å². The molecule has 9 nitrogen and oxygen atoms in total. The van der Waals surface area contributed by atoms with Crippen molar-refractivity contribution in [1.29, 1.82) is 0 Å². The topological polar surface area (TPSA) is 108 Å². The van der Waals surface area contributed by atoms with E-state index in [0.29, 0.717) is 24.4 Å². The molecule has 2 fully saturated rings. The van der Waals surface area contributed by atoms with Crippen LogP contribution in [0, 0.1) is 5.92 Å². The van der Waals surface area contributed by atoms with E-state index in [4.69, 9.17) is 18.9 Å². The Balaban J connectivity index is 1.58. The minimum Gasteiger partial charge on any atom is -0.462 e. The number of hydrogen-bond donors (Lipinski definition) is 0. The van der Waals surface area contributed by atoms with E-state index in [1.165, 1.54) is 17.0 Å². The summed E-state index contributed by atoms with van der Waals surface area (Å²) in [5, 5.41) is 0. The molecule has 2 aliphatic heterocycles. The van der Waals surface area contributed by atoms with Crippen molar-refractivity contribution < 1.29 is 37.0 Å². The molecule has 2 aromatic carbocycles. The first-order valence-corrected chi connectivity index (χ1v) is 15.1. The van der Waals surface area contributed by atoms with Crippen LogP contribution in [0.1, 0.15) is 58.9 Å². The minimum absolute atomic E-state index is 0.00903. The highest BCUT2D eigenvalue weighted by Crippen LogP contribution is 2.46. The van der Waals surface area contributed by atoms with Crippen molar-refractivity contribution in [3.05, 3.63) is 54.1 Å². The summed E-state index contributed by atoms with van der Waals surface area (Å²) in [7, 11) is -3.94. The molecule has 1 amide bonds. The maximum atomic E-state index is 13.6. The van der Waals surface area contributed by atoms with Crippen molar-refractivity contribution in [1.82, 2.24) is 0 Å². The number of esters is 1. The molecule has 3 aliphatic rings. The van der Waals surface area contributed by atoms with Gasteiger partial charge in [-0.3, -0.25) is 0 Å². The molecule has 1 spiro atoms. The van der Waals surface area contributed by atoms with Gasteiger partial charge in [-0.2, -0.15) is 0 Å². The molecular weight excluding hydrogens is 534 g/mol. The van der Waals surface area contributed by atoms with E-state index >= 15 is 0 Å². The zero-order chi connectivity index (χ0) is 28.7. The summed E-state index contributed by atoms with van der Waals surface area (Å²) in [4.78, 5) is 27.9. The van der Waals surface area contributed by atoms with Crippen LogP contribution in [0.2, 0.25) is 0 Å². The fourth-order valence-corrected chi connectivity index (χ4v) is 7.07. The molecule has 0 N–H and O–H groups in total. The van der Waals surface area contributed by atoms with Crippen LogP contribution in [-0.4, -0.2) is 51.7 Å². The highest BCUT2D eigenvalue weighted by molar-refractivity contribution is 7.92. The normalized spacial score (nSPS) is 20.1. The summed E-state index contributed by atoms with van der Waals surface area (Å²) in [6.07, 6.45) is 4.14. The highest BCUT2D eigenvalue weighted by atomic mass is 32.2. The average molecular weight is 570 g/mol. The largest absolute Gasteiger partial charge is 0.462 e. The first-order chi connectivity index (χ1) is 18.9. The summed E-state index contributed by atoms with van der Waals surface area (Å²) < 4.78 is 50.0. The number of hydrogen-bond acceptors (Lipinski definition) is 8. The molecule has 1 aliphatic carbocycles. The quantitative estimate of drug-likeness (QED) is 0.337. The summed E-state index contributed by atoms with van der Waals surface area (Å²) in [5.41, 5.74) is 0.266. The molecule has 0 unspecified atom stereocenters. The Labute approximate surface area is 235 Å². The number of ether oxygens (including phenoxy) is 4. The number of fused-ring (bicyclic) bond motifs is 2. The van der Waals surface area contributed by atoms with E-state index in [2.05, 4.69) is 0 Å². The fourth-order valence-electron chi connectivity index (χ4n) is 5.47. The number of para-hydroxylation sites is 1. The van der Waals surface area contributed by atoms with E-state index in [1.54, 1.807) is 58.0 Å². The lowest BCUT2D eigenvalue weighted by molar-refractivity contribution is -0.180. The van der Waals surface area contributed by atoms with Crippen LogP contribution in [0.25, 0.3) is 5.57 Å². The monoisotopic (exact) mass is 569 g/mol. The molecule has 5 rings (SSSR count). The molecule has 10 heteroatoms. The van der Waals surface area contributed by atoms with Crippen molar-refractivity contribution in [3.63, 3.8) is 0 Å². The van der Waals surface area contributed by atoms with E-state index in [1.807, 2.05) is 6.08 Å². The Morgan fingerprint density at radius 2 is 1.68 bits per heavy atom. The third kappa shape index (κ3) is 5.40. The van der Waals surface area contributed by atoms with Crippen molar-refractivity contribution in [3.8, 4) is 0 Å². The molecule has 0 bridgehead atoms. The number of sulfone groups is 1. The zero-order valence-electron chi connectivity index (χ0n) is 23.3. The van der Waals surface area contributed by atoms with Gasteiger partial charge < -0.3 is 18.9 Å². The Morgan fingerprint density at radius 3 is 2.33 bits per heavy atom. The van der Waals surface area contributed by atoms with Gasteiger partial charge in [-0.1, -0.05) is 24.3 Å². The number of amides is 1. The summed E-state index contributed by atoms with van der Waals surface area (Å²) >= 11 is 0. The third-order valence-corrected chi connectivity index (χ3v) is 9.12. The smallest absolute Gasteiger partial charge is 0.419 e. The van der Waals surface area contributed by atoms with Crippen LogP contribution < -0.4 is 4.90 Å². The van der Waals surface area contributed by atoms with E-state index in [9.17, 15) is 18.0 Å². The SMILES string of the molecule is CCOC(=O)/C(=C/C1CCC2(CC1)OCCO2)c1ccc2c(c1)N(C(=O)OC(C)(C)C)c1ccccc1S2(=O)=O. The second kappa shape index (κ2) is 10.6. The second-order valence-electron chi connectivity index (χ2n) is 11.2. The number of allylic oxidation sites excluding steroid dienone is 1. The molecule has 2 heterocycles. The fraction of sp³-hybridized carbons (Fsp3) is 0.467. The molecule has 0 atom stereocenters. The van der Waals surface area contributed by atoms with Gasteiger partial charge in [0.05, 0.1) is 46.6 Å². The van der Waals surface area contributed by atoms with Gasteiger partial charge in [0, 0.05) is 12.8 Å². The summed E-state index contributed by atoms with van der Waals surface area (Å²) in [5.74, 6) is -0.977. The Bertz CT molecular complexity index is 1440. The molecule has 214 valence electrons. The van der Waals surface area contributed by atoms with Crippen molar-refractivity contribution in [2.24, 2.45) is 5.92 Å². The first kappa shape index (κ1) is 28.3. The van der Waals surface area contributed by atoms with E-state index in [0.717, 1.165) is 25.7 Å². The van der Waals surface area contributed by atoms with Gasteiger partial charge in [-0.25, -0.2) is 22.9 Å². The van der Waals surface area contributed by atoms with Crippen LogP contribution >= 0.6 is 0 Å². The van der Waals surface area contributed by atoms with Gasteiger partial charge in [-0.05, 0) is 76.3 Å². The number of carbonyl (C=O) groups is 2. The maximum absolute atomic E-state index is 13.6. The van der Waals surface area contributed by atoms with Crippen LogP contribution in [0.4, 0.5) is 16.2 Å². The predicted octanol–water partition coefficient (Wildman–Crippen LogP) is 5.79. The molecular formula is C30H35NO8S. The zero-order valence-corrected chi connectivity index (χ0v) is 24.1. The Morgan fingerprint density at radius 1 is 1.02 bits per heavy atom. The lowest BCUT2D eigenvalue weighted by atomic mass is 9.83. The number of anilines is 2. The molecule has 1 saturated carbocycles. The predicted molar refractivity (Wildman–Crippen MR) is 148 cm³/mol. The minimum atomic E-state index is -3.94. The first-order valence-electron chi connectivity index (χ1n) is 13.6. The van der Waals surface area contributed by atoms with Gasteiger partial charge in [0.15, 0.2) is 5.79 Å². The second-order valence-corrected chi connectivity index (χ2v) is 13.1. The maximum Gasteiger partial charge on any atom is 0.419 e. The Kier molecular flexibility index (Phi) is 7.54. The average Bonchev–Trinajstić information content (AvgIpc) is 3.35. The van der Waals surface area contributed by atoms with Crippen molar-refractivity contribution >= 4 is 38.8 Å². The highest BCUT2D eigenvalue weighted by Gasteiger charge is 2.41. The van der Waals surface area contributed by atoms with Crippen molar-refractivity contribution in [2.45, 2.75) is 74.6 Å². The lowest BCUT2D eigenvalue weighted by Gasteiger charge is -2.34. The number of nitrogens with zero attached hydrogens (tertiary/aromatic N) is 1. The van der Waals surface area contributed by atoms with Crippen LogP contribution in [0.5, 0.6) is 0 Å². The van der Waals surface area contributed by atoms with Gasteiger partial charge in [0.2, 0.25) is 9.84 Å². The van der Waals surface area contributed by atoms with E-state index in [-0.39, 0.29) is 33.7 Å². The lowest BCUT2D eigenvalue weighted by Crippen LogP contribution is -2.37. The number of carbonyl (C=O) groups excluding carboxylic acids is 2. The summed E-state index contributed by atoms with van der Waals surface area (Å²) in [6, 6.07) is 10.9. The molecule has 1 saturated heterocycles. The van der Waals surface area contributed by atoms with Gasteiger partial charge in [0.25, 0.3) is 0 Å². The van der Waals surface area contributed by atoms with Gasteiger partial charge >= 0.3 is 12.1 Å². The van der Waals surface area contributed by atoms with Gasteiger partial charge in [-0.15, -0.1) is 0 Å². The standard InChI is InChI=1S/C30H35NO8S/c1-5-36-27(32)22(18-20-12-14-30(15-13-20)37-16-17-38-30)21-10-11-26-24(19-21)31(28(33)39-29(2,3)4)23-8-6-7-9-25(23)40(26,34)35/h6-11,18-20H,5,12-17H2,1-4H3/b22-18+. The van der Waals surface area contributed by atoms with Crippen LogP contribution in [0.3, 0.4) is 0 Å². The number of rotatable bonds is 4. The molecule has 2 aromatic rings. The molecule has 0 radical (unpaired) electrons. The van der Waals surface area contributed by atoms with Crippen molar-refractivity contribution in [2.75, 3.05) is 24.7 Å². The van der Waals surface area contributed by atoms with Gasteiger partial charge in [0.1, 0.15) is 5.60 Å². The van der Waals surface area contributed by atoms with Crippen LogP contribution in [-0.2, 0) is 33.6 Å². The molecule has 40 heavy (non-hydrogen) atoms. The third-order valence-electron chi connectivity index (χ3n) is 7.28. The number of benzene rings is 2.